The van der Waals surface area contributed by atoms with E-state index in [1.165, 1.54) is 50.1 Å². The third-order valence-corrected chi connectivity index (χ3v) is 17.7. The van der Waals surface area contributed by atoms with Gasteiger partial charge in [0.05, 0.1) is 45.4 Å². The van der Waals surface area contributed by atoms with Gasteiger partial charge in [-0.2, -0.15) is 0 Å². The number of carbonyl (C=O) groups is 3. The molecule has 86 heavy (non-hydrogen) atoms. The van der Waals surface area contributed by atoms with Crippen molar-refractivity contribution in [3.63, 3.8) is 0 Å². The Morgan fingerprint density at radius 2 is 0.779 bits per heavy atom. The van der Waals surface area contributed by atoms with Crippen molar-refractivity contribution < 1.29 is 23.7 Å². The maximum atomic E-state index is 12.6. The van der Waals surface area contributed by atoms with E-state index in [9.17, 15) is 14.4 Å². The molecular formula is C75H78BBr2N3O5. The van der Waals surface area contributed by atoms with Gasteiger partial charge < -0.3 is 9.31 Å². The number of Topliss-reactive ketones (excluding diaryl/α,β-unsaturated/α-hetero) is 3. The number of nitrogens with zero attached hydrogens (tertiary/aromatic N) is 3. The molecule has 440 valence electrons. The number of alkyl halides is 1. The minimum atomic E-state index is -0.431. The summed E-state index contributed by atoms with van der Waals surface area (Å²) >= 11 is 6.83. The Morgan fingerprint density at radius 3 is 1.19 bits per heavy atom. The molecule has 4 aliphatic heterocycles. The fourth-order valence-electron chi connectivity index (χ4n) is 10.5. The van der Waals surface area contributed by atoms with Crippen LogP contribution in [0.25, 0.3) is 0 Å². The average molecular weight is 1270 g/mol. The summed E-state index contributed by atoms with van der Waals surface area (Å²) in [6, 6.07) is 57.7. The summed E-state index contributed by atoms with van der Waals surface area (Å²) in [6.45, 7) is 20.7. The number of hydrogen-bond donors (Lipinski definition) is 0. The molecule has 0 unspecified atom stereocenters. The van der Waals surface area contributed by atoms with Crippen LogP contribution in [0.2, 0.25) is 0 Å². The van der Waals surface area contributed by atoms with Crippen LogP contribution >= 0.6 is 31.9 Å². The van der Waals surface area contributed by atoms with Gasteiger partial charge in [-0.25, -0.2) is 0 Å². The Bertz CT molecular complexity index is 3890. The summed E-state index contributed by atoms with van der Waals surface area (Å²) in [5, 5.41) is 0.952. The predicted molar refractivity (Wildman–Crippen MR) is 364 cm³/mol. The van der Waals surface area contributed by atoms with Gasteiger partial charge in [-0.1, -0.05) is 173 Å². The normalized spacial score (nSPS) is 15.5. The lowest BCUT2D eigenvalue weighted by Gasteiger charge is -2.32. The van der Waals surface area contributed by atoms with E-state index in [0.717, 1.165) is 89.3 Å². The highest BCUT2D eigenvalue weighted by Crippen LogP contribution is 2.37. The zero-order chi connectivity index (χ0) is 60.6. The molecule has 0 N–H and O–H groups in total. The van der Waals surface area contributed by atoms with Crippen LogP contribution in [-0.2, 0) is 54.7 Å². The number of halogens is 2. The monoisotopic (exact) mass is 1270 g/mol. The lowest BCUT2D eigenvalue weighted by molar-refractivity contribution is -0.118. The number of ketones is 3. The molecule has 4 aliphatic rings. The number of carbonyl (C=O) groups excluding carboxylic acids is 3. The van der Waals surface area contributed by atoms with Gasteiger partial charge >= 0.3 is 7.12 Å². The smallest absolute Gasteiger partial charge is 0.399 e. The number of aryl methyl sites for hydroxylation is 6. The Hall–Kier alpha value is -7.28. The molecule has 0 aromatic heterocycles. The van der Waals surface area contributed by atoms with Gasteiger partial charge in [-0.05, 0) is 201 Å². The first-order chi connectivity index (χ1) is 40.6. The van der Waals surface area contributed by atoms with Gasteiger partial charge in [-0.3, -0.25) is 29.4 Å². The van der Waals surface area contributed by atoms with Crippen molar-refractivity contribution in [1.29, 1.82) is 0 Å². The summed E-state index contributed by atoms with van der Waals surface area (Å²) < 4.78 is 13.4. The van der Waals surface area contributed by atoms with E-state index in [4.69, 9.17) is 24.3 Å². The summed E-state index contributed by atoms with van der Waals surface area (Å²) in [7, 11) is -0.431. The molecule has 0 spiro atoms. The molecule has 4 heterocycles. The fourth-order valence-corrected chi connectivity index (χ4v) is 11.3. The van der Waals surface area contributed by atoms with Crippen molar-refractivity contribution in [3.8, 4) is 0 Å². The Labute approximate surface area is 527 Å². The van der Waals surface area contributed by atoms with Crippen molar-refractivity contribution in [2.45, 2.75) is 138 Å². The molecule has 0 bridgehead atoms. The zero-order valence-corrected chi connectivity index (χ0v) is 53.7. The number of rotatable bonds is 7. The maximum Gasteiger partial charge on any atom is 0.494 e. The van der Waals surface area contributed by atoms with Gasteiger partial charge in [0.25, 0.3) is 0 Å². The molecule has 8 aromatic rings. The molecule has 0 aliphatic carbocycles. The van der Waals surface area contributed by atoms with Crippen molar-refractivity contribution in [3.05, 3.63) is 258 Å². The predicted octanol–water partition coefficient (Wildman–Crippen LogP) is 17.7. The number of hydrogen-bond acceptors (Lipinski definition) is 8. The lowest BCUT2D eigenvalue weighted by Crippen LogP contribution is -2.41. The SMILES string of the molecule is BrCc1ccccc1.C.Cc1cc2c(cc1C)N=C(c1cccc(B3OC(C)(C)C(C)(C)O3)c1)CC(=O)C2.Cc1cc2c(cc1C)N=C(c1cccc(Br)c1)CC(=O)C2.Cc1cc2c(cc1C)N=C(c1cccc(Cc3ccccc3)c1)CC(=O)C2. The number of aliphatic imine (C=N–C) groups is 3. The number of fused-ring (bicyclic) bond motifs is 3. The molecule has 12 rings (SSSR count). The average Bonchev–Trinajstić information content (AvgIpc) is 3.97. The van der Waals surface area contributed by atoms with Gasteiger partial charge in [-0.15, -0.1) is 0 Å². The quantitative estimate of drug-likeness (QED) is 0.117. The van der Waals surface area contributed by atoms with Gasteiger partial charge in [0.1, 0.15) is 17.3 Å². The van der Waals surface area contributed by atoms with Crippen molar-refractivity contribution in [2.75, 3.05) is 0 Å². The summed E-state index contributed by atoms with van der Waals surface area (Å²) in [6.07, 6.45) is 3.36. The van der Waals surface area contributed by atoms with E-state index in [1.54, 1.807) is 0 Å². The molecule has 0 saturated carbocycles. The molecule has 1 saturated heterocycles. The molecule has 11 heteroatoms. The zero-order valence-electron chi connectivity index (χ0n) is 50.5. The maximum absolute atomic E-state index is 12.6. The highest BCUT2D eigenvalue weighted by atomic mass is 79.9. The Morgan fingerprint density at radius 1 is 0.419 bits per heavy atom. The van der Waals surface area contributed by atoms with Crippen molar-refractivity contribution in [1.82, 2.24) is 0 Å². The van der Waals surface area contributed by atoms with Crippen LogP contribution < -0.4 is 5.46 Å². The first-order valence-corrected chi connectivity index (χ1v) is 31.0. The highest BCUT2D eigenvalue weighted by molar-refractivity contribution is 9.10. The second-order valence-electron chi connectivity index (χ2n) is 23.8. The molecule has 1 fully saturated rings. The molecule has 8 aromatic carbocycles. The first-order valence-electron chi connectivity index (χ1n) is 29.1. The highest BCUT2D eigenvalue weighted by Gasteiger charge is 2.51. The largest absolute Gasteiger partial charge is 0.494 e. The van der Waals surface area contributed by atoms with Gasteiger partial charge in [0.2, 0.25) is 0 Å². The fraction of sp³-hybridized carbons (Fsp3) is 0.280. The van der Waals surface area contributed by atoms with Gasteiger partial charge in [0.15, 0.2) is 0 Å². The summed E-state index contributed by atoms with van der Waals surface area (Å²) in [5.41, 5.74) is 22.6. The summed E-state index contributed by atoms with van der Waals surface area (Å²) in [5.74, 6) is 0.631. The summed E-state index contributed by atoms with van der Waals surface area (Å²) in [4.78, 5) is 51.9. The van der Waals surface area contributed by atoms with Gasteiger partial charge in [0, 0.05) is 48.3 Å². The Balaban J connectivity index is 0.000000158. The lowest BCUT2D eigenvalue weighted by atomic mass is 9.78. The molecule has 8 nitrogen and oxygen atoms in total. The van der Waals surface area contributed by atoms with E-state index in [2.05, 4.69) is 170 Å². The van der Waals surface area contributed by atoms with Crippen LogP contribution in [0.4, 0.5) is 17.1 Å². The van der Waals surface area contributed by atoms with Crippen LogP contribution in [0, 0.1) is 41.5 Å². The number of benzene rings is 8. The van der Waals surface area contributed by atoms with E-state index in [-0.39, 0.29) is 24.8 Å². The molecule has 0 radical (unpaired) electrons. The van der Waals surface area contributed by atoms with Crippen LogP contribution in [0.5, 0.6) is 0 Å². The molecule has 0 amide bonds. The first kappa shape index (κ1) is 64.7. The van der Waals surface area contributed by atoms with Crippen LogP contribution in [-0.4, -0.2) is 52.8 Å². The second kappa shape index (κ2) is 28.5. The van der Waals surface area contributed by atoms with E-state index >= 15 is 0 Å². The van der Waals surface area contributed by atoms with Crippen LogP contribution in [0.3, 0.4) is 0 Å². The third-order valence-electron chi connectivity index (χ3n) is 16.5. The third kappa shape index (κ3) is 16.4. The van der Waals surface area contributed by atoms with E-state index < -0.39 is 18.3 Å². The Kier molecular flexibility index (Phi) is 21.4. The van der Waals surface area contributed by atoms with E-state index in [0.29, 0.717) is 38.5 Å². The van der Waals surface area contributed by atoms with Crippen LogP contribution in [0.15, 0.2) is 189 Å². The minimum Gasteiger partial charge on any atom is -0.399 e. The van der Waals surface area contributed by atoms with Crippen molar-refractivity contribution in [2.24, 2.45) is 15.0 Å². The van der Waals surface area contributed by atoms with Crippen LogP contribution in [0.1, 0.15) is 138 Å². The molecular weight excluding hydrogens is 1190 g/mol. The van der Waals surface area contributed by atoms with E-state index in [1.807, 2.05) is 100 Å². The standard InChI is InChI=1S/C25H23NO.C24H28BNO3.C18H16BrNO.C7H7Br.CH4/c1-17-11-22-15-23(27)16-25(26-24(22)12-18(17)2)21-10-6-9-20(14-21)13-19-7-4-3-5-8-19;1-15-10-18-13-20(27)14-22(26-21(18)11-16(15)2)17-8-7-9-19(12-17)25-28-23(3,4)24(5,6)29-25;1-11-6-14-9-16(21)10-18(20-17(14)7-12(11)2)13-4-3-5-15(19)8-13;8-6-7-4-2-1-3-5-7;/h3-12,14H,13,15-16H2,1-2H3;7-12H,13-14H2,1-6H3;3-8H,9-10H2,1-2H3;1-5H,6H2;1H4. The second-order valence-corrected chi connectivity index (χ2v) is 25.2. The molecule has 0 atom stereocenters. The topological polar surface area (TPSA) is 107 Å². The minimum absolute atomic E-state index is 0. The van der Waals surface area contributed by atoms with Crippen molar-refractivity contribution >= 4 is 96.0 Å².